The summed E-state index contributed by atoms with van der Waals surface area (Å²) in [6.45, 7) is 1.10. The van der Waals surface area contributed by atoms with Gasteiger partial charge in [-0.2, -0.15) is 4.31 Å². The average molecular weight is 434 g/mol. The van der Waals surface area contributed by atoms with Gasteiger partial charge in [0.15, 0.2) is 0 Å². The van der Waals surface area contributed by atoms with E-state index in [0.717, 1.165) is 24.8 Å². The van der Waals surface area contributed by atoms with Gasteiger partial charge in [0.1, 0.15) is 5.82 Å². The molecule has 1 aliphatic rings. The lowest BCUT2D eigenvalue weighted by Crippen LogP contribution is -2.35. The molecular formula is C20H20FN3O3S2. The molecule has 0 radical (unpaired) electrons. The van der Waals surface area contributed by atoms with Crippen molar-refractivity contribution in [2.24, 2.45) is 0 Å². The van der Waals surface area contributed by atoms with Gasteiger partial charge in [0.05, 0.1) is 4.90 Å². The fourth-order valence-corrected chi connectivity index (χ4v) is 5.47. The van der Waals surface area contributed by atoms with Crippen LogP contribution in [0.15, 0.2) is 63.1 Å². The Labute approximate surface area is 173 Å². The summed E-state index contributed by atoms with van der Waals surface area (Å²) in [6, 6.07) is 12.9. The standard InChI is InChI=1S/C20H20FN3O3S2/c21-17-8-4-6-15(12-17)14-28-20-23-22-19(27-20)16-7-5-9-18(13-16)29(25,26)24-10-2-1-3-11-24/h4-9,12-13H,1-3,10-11,14H2. The summed E-state index contributed by atoms with van der Waals surface area (Å²) >= 11 is 1.30. The van der Waals surface area contributed by atoms with Crippen molar-refractivity contribution < 1.29 is 17.2 Å². The molecular weight excluding hydrogens is 413 g/mol. The Kier molecular flexibility index (Phi) is 5.98. The molecule has 29 heavy (non-hydrogen) atoms. The minimum Gasteiger partial charge on any atom is -0.411 e. The maximum Gasteiger partial charge on any atom is 0.277 e. The van der Waals surface area contributed by atoms with Gasteiger partial charge in [0, 0.05) is 24.4 Å². The highest BCUT2D eigenvalue weighted by Gasteiger charge is 2.26. The van der Waals surface area contributed by atoms with Crippen molar-refractivity contribution >= 4 is 21.8 Å². The van der Waals surface area contributed by atoms with Crippen molar-refractivity contribution in [2.45, 2.75) is 35.1 Å². The first kappa shape index (κ1) is 20.1. The largest absolute Gasteiger partial charge is 0.411 e. The van der Waals surface area contributed by atoms with E-state index in [1.807, 2.05) is 6.07 Å². The quantitative estimate of drug-likeness (QED) is 0.538. The lowest BCUT2D eigenvalue weighted by Gasteiger charge is -2.25. The van der Waals surface area contributed by atoms with Crippen molar-refractivity contribution in [1.82, 2.24) is 14.5 Å². The second-order valence-electron chi connectivity index (χ2n) is 6.78. The zero-order chi connectivity index (χ0) is 20.3. The summed E-state index contributed by atoms with van der Waals surface area (Å²) < 4.78 is 46.3. The number of thioether (sulfide) groups is 1. The summed E-state index contributed by atoms with van der Waals surface area (Å²) in [7, 11) is -3.53. The molecule has 1 fully saturated rings. The Bertz CT molecular complexity index is 1100. The van der Waals surface area contributed by atoms with Crippen molar-refractivity contribution in [3.8, 4) is 11.5 Å². The normalized spacial score (nSPS) is 15.5. The molecule has 1 saturated heterocycles. The molecule has 0 bridgehead atoms. The van der Waals surface area contributed by atoms with Crippen molar-refractivity contribution in [1.29, 1.82) is 0 Å². The third-order valence-corrected chi connectivity index (χ3v) is 7.48. The number of piperidine rings is 1. The van der Waals surface area contributed by atoms with Crippen molar-refractivity contribution in [3.05, 3.63) is 59.9 Å². The van der Waals surface area contributed by atoms with Crippen LogP contribution in [0.2, 0.25) is 0 Å². The summed E-state index contributed by atoms with van der Waals surface area (Å²) in [6.07, 6.45) is 2.83. The SMILES string of the molecule is O=S(=O)(c1cccc(-c2nnc(SCc3cccc(F)c3)o2)c1)N1CCCCC1. The van der Waals surface area contributed by atoms with Crippen LogP contribution in [0.1, 0.15) is 24.8 Å². The van der Waals surface area contributed by atoms with Gasteiger partial charge in [-0.1, -0.05) is 36.4 Å². The van der Waals surface area contributed by atoms with Crippen LogP contribution in [0.25, 0.3) is 11.5 Å². The van der Waals surface area contributed by atoms with Gasteiger partial charge in [0.25, 0.3) is 5.22 Å². The number of benzene rings is 2. The fraction of sp³-hybridized carbons (Fsp3) is 0.300. The van der Waals surface area contributed by atoms with E-state index in [4.69, 9.17) is 4.42 Å². The number of halogens is 1. The first-order valence-electron chi connectivity index (χ1n) is 9.34. The second-order valence-corrected chi connectivity index (χ2v) is 9.65. The Morgan fingerprint density at radius 1 is 1.03 bits per heavy atom. The van der Waals surface area contributed by atoms with E-state index in [-0.39, 0.29) is 16.6 Å². The highest BCUT2D eigenvalue weighted by Crippen LogP contribution is 2.28. The molecule has 0 spiro atoms. The molecule has 0 unspecified atom stereocenters. The van der Waals surface area contributed by atoms with E-state index < -0.39 is 10.0 Å². The van der Waals surface area contributed by atoms with Crippen LogP contribution in [-0.2, 0) is 15.8 Å². The molecule has 4 rings (SSSR count). The summed E-state index contributed by atoms with van der Waals surface area (Å²) in [4.78, 5) is 0.226. The monoisotopic (exact) mass is 433 g/mol. The summed E-state index contributed by atoms with van der Waals surface area (Å²) in [5.41, 5.74) is 1.36. The van der Waals surface area contributed by atoms with Crippen molar-refractivity contribution in [3.63, 3.8) is 0 Å². The molecule has 9 heteroatoms. The minimum atomic E-state index is -3.53. The fourth-order valence-electron chi connectivity index (χ4n) is 3.20. The Morgan fingerprint density at radius 3 is 2.62 bits per heavy atom. The van der Waals surface area contributed by atoms with E-state index in [2.05, 4.69) is 10.2 Å². The summed E-state index contributed by atoms with van der Waals surface area (Å²) in [5, 5.41) is 8.38. The van der Waals surface area contributed by atoms with Crippen LogP contribution in [-0.4, -0.2) is 36.0 Å². The molecule has 3 aromatic rings. The van der Waals surface area contributed by atoms with Crippen LogP contribution in [0, 0.1) is 5.82 Å². The van der Waals surface area contributed by atoms with Gasteiger partial charge in [-0.25, -0.2) is 12.8 Å². The highest BCUT2D eigenvalue weighted by molar-refractivity contribution is 7.98. The maximum absolute atomic E-state index is 13.3. The number of sulfonamides is 1. The van der Waals surface area contributed by atoms with Gasteiger partial charge in [-0.3, -0.25) is 0 Å². The Morgan fingerprint density at radius 2 is 1.83 bits per heavy atom. The highest BCUT2D eigenvalue weighted by atomic mass is 32.2. The molecule has 1 aliphatic heterocycles. The molecule has 0 amide bonds. The van der Waals surface area contributed by atoms with E-state index in [0.29, 0.717) is 29.6 Å². The number of hydrogen-bond donors (Lipinski definition) is 0. The molecule has 2 aromatic carbocycles. The lowest BCUT2D eigenvalue weighted by atomic mass is 10.2. The van der Waals surface area contributed by atoms with Gasteiger partial charge < -0.3 is 4.42 Å². The zero-order valence-corrected chi connectivity index (χ0v) is 17.3. The molecule has 0 N–H and O–H groups in total. The predicted molar refractivity (Wildman–Crippen MR) is 108 cm³/mol. The van der Waals surface area contributed by atoms with Crippen LogP contribution in [0.3, 0.4) is 0 Å². The van der Waals surface area contributed by atoms with Crippen LogP contribution in [0.5, 0.6) is 0 Å². The average Bonchev–Trinajstić information content (AvgIpc) is 3.22. The first-order valence-corrected chi connectivity index (χ1v) is 11.8. The smallest absolute Gasteiger partial charge is 0.277 e. The molecule has 152 valence electrons. The zero-order valence-electron chi connectivity index (χ0n) is 15.6. The Hall–Kier alpha value is -2.23. The third-order valence-electron chi connectivity index (χ3n) is 4.69. The third kappa shape index (κ3) is 4.68. The minimum absolute atomic E-state index is 0.226. The number of nitrogens with zero attached hydrogens (tertiary/aromatic N) is 3. The lowest BCUT2D eigenvalue weighted by molar-refractivity contribution is 0.346. The summed E-state index contributed by atoms with van der Waals surface area (Å²) in [5.74, 6) is 0.450. The molecule has 0 saturated carbocycles. The number of hydrogen-bond acceptors (Lipinski definition) is 6. The Balaban J connectivity index is 1.50. The molecule has 2 heterocycles. The molecule has 6 nitrogen and oxygen atoms in total. The van der Waals surface area contributed by atoms with Gasteiger partial charge >= 0.3 is 0 Å². The predicted octanol–water partition coefficient (Wildman–Crippen LogP) is 4.34. The molecule has 1 aromatic heterocycles. The van der Waals surface area contributed by atoms with E-state index in [1.54, 1.807) is 30.3 Å². The number of rotatable bonds is 6. The van der Waals surface area contributed by atoms with E-state index in [1.165, 1.54) is 28.2 Å². The number of aromatic nitrogens is 2. The van der Waals surface area contributed by atoms with Gasteiger partial charge in [-0.15, -0.1) is 10.2 Å². The van der Waals surface area contributed by atoms with Crippen molar-refractivity contribution in [2.75, 3.05) is 13.1 Å². The molecule has 0 aliphatic carbocycles. The first-order chi connectivity index (χ1) is 14.0. The van der Waals surface area contributed by atoms with E-state index in [9.17, 15) is 12.8 Å². The van der Waals surface area contributed by atoms with Gasteiger partial charge in [-0.05, 0) is 48.7 Å². The maximum atomic E-state index is 13.3. The topological polar surface area (TPSA) is 76.3 Å². The second kappa shape index (κ2) is 8.64. The van der Waals surface area contributed by atoms with Gasteiger partial charge in [0.2, 0.25) is 15.9 Å². The van der Waals surface area contributed by atoms with Crippen LogP contribution in [0.4, 0.5) is 4.39 Å². The van der Waals surface area contributed by atoms with Crippen LogP contribution >= 0.6 is 11.8 Å². The molecule has 0 atom stereocenters. The van der Waals surface area contributed by atoms with Crippen LogP contribution < -0.4 is 0 Å². The van der Waals surface area contributed by atoms with E-state index >= 15 is 0 Å².